The highest BCUT2D eigenvalue weighted by Gasteiger charge is 2.52. The molecule has 2 amide bonds. The second kappa shape index (κ2) is 12.1. The first kappa shape index (κ1) is 27.1. The van der Waals surface area contributed by atoms with Gasteiger partial charge in [-0.25, -0.2) is 0 Å². The molecule has 4 rings (SSSR count). The molecule has 1 fully saturated rings. The summed E-state index contributed by atoms with van der Waals surface area (Å²) in [5, 5.41) is 23.7. The molecular weight excluding hydrogens is 476 g/mol. The first-order valence-electron chi connectivity index (χ1n) is 13.4. The van der Waals surface area contributed by atoms with Crippen LogP contribution in [0.15, 0.2) is 23.8 Å². The van der Waals surface area contributed by atoms with E-state index < -0.39 is 30.1 Å². The molecule has 0 saturated heterocycles. The van der Waals surface area contributed by atoms with Gasteiger partial charge in [0.15, 0.2) is 11.5 Å². The molecular formula is C28H38N2O7. The number of hydrogen-bond acceptors (Lipinski definition) is 7. The number of nitrogens with zero attached hydrogens (tertiary/aromatic N) is 1. The Morgan fingerprint density at radius 3 is 2.57 bits per heavy atom. The number of nitrogens with one attached hydrogen (secondary N) is 1. The maximum absolute atomic E-state index is 13.5. The van der Waals surface area contributed by atoms with E-state index in [2.05, 4.69) is 5.32 Å². The van der Waals surface area contributed by atoms with Gasteiger partial charge in [-0.2, -0.15) is 0 Å². The monoisotopic (exact) mass is 514 g/mol. The van der Waals surface area contributed by atoms with Crippen LogP contribution in [0.3, 0.4) is 0 Å². The molecule has 1 aromatic rings. The van der Waals surface area contributed by atoms with Gasteiger partial charge in [0.1, 0.15) is 18.5 Å². The molecule has 4 atom stereocenters. The van der Waals surface area contributed by atoms with E-state index in [1.54, 1.807) is 23.1 Å². The van der Waals surface area contributed by atoms with Gasteiger partial charge in [-0.3, -0.25) is 14.4 Å². The summed E-state index contributed by atoms with van der Waals surface area (Å²) in [6.45, 7) is 1.79. The zero-order valence-corrected chi connectivity index (χ0v) is 21.7. The second-order valence-electron chi connectivity index (χ2n) is 10.1. The molecule has 2 aliphatic carbocycles. The maximum atomic E-state index is 13.5. The van der Waals surface area contributed by atoms with Gasteiger partial charge in [-0.05, 0) is 37.5 Å². The molecule has 0 bridgehead atoms. The lowest BCUT2D eigenvalue weighted by Gasteiger charge is -2.44. The van der Waals surface area contributed by atoms with E-state index in [9.17, 15) is 24.6 Å². The molecule has 0 unspecified atom stereocenters. The van der Waals surface area contributed by atoms with Crippen molar-refractivity contribution in [2.75, 3.05) is 20.3 Å². The molecule has 1 aromatic carbocycles. The van der Waals surface area contributed by atoms with Gasteiger partial charge in [0.25, 0.3) is 0 Å². The van der Waals surface area contributed by atoms with Gasteiger partial charge in [-0.15, -0.1) is 0 Å². The fourth-order valence-electron chi connectivity index (χ4n) is 6.02. The third kappa shape index (κ3) is 5.38. The van der Waals surface area contributed by atoms with Crippen molar-refractivity contribution < 1.29 is 34.1 Å². The topological polar surface area (TPSA) is 125 Å². The zero-order chi connectivity index (χ0) is 26.5. The van der Waals surface area contributed by atoms with E-state index in [4.69, 9.17) is 9.47 Å². The highest BCUT2D eigenvalue weighted by atomic mass is 16.5. The summed E-state index contributed by atoms with van der Waals surface area (Å²) in [5.41, 5.74) is 1.29. The number of fused-ring (bicyclic) bond motifs is 3. The highest BCUT2D eigenvalue weighted by Crippen LogP contribution is 2.51. The van der Waals surface area contributed by atoms with E-state index in [1.807, 2.05) is 6.92 Å². The average Bonchev–Trinajstić information content (AvgIpc) is 3.09. The molecule has 0 aromatic heterocycles. The van der Waals surface area contributed by atoms with Crippen LogP contribution >= 0.6 is 0 Å². The SMILES string of the molecule is CCCC(=O)N(C1CCCCCC1)[C@@H]1C=C(C(=O)NCCO)[C@@H]2c3cc(C=O)cc(OC)c3O[C@@H]2[C@H]1O. The van der Waals surface area contributed by atoms with Crippen molar-refractivity contribution in [1.82, 2.24) is 10.2 Å². The number of hydrogen-bond donors (Lipinski definition) is 3. The third-order valence-corrected chi connectivity index (χ3v) is 7.70. The number of aliphatic hydroxyl groups excluding tert-OH is 2. The third-order valence-electron chi connectivity index (χ3n) is 7.70. The minimum Gasteiger partial charge on any atom is -0.493 e. The zero-order valence-electron chi connectivity index (χ0n) is 21.7. The Morgan fingerprint density at radius 1 is 1.22 bits per heavy atom. The Balaban J connectivity index is 1.82. The molecule has 1 aliphatic heterocycles. The Morgan fingerprint density at radius 2 is 1.95 bits per heavy atom. The van der Waals surface area contributed by atoms with Crippen LogP contribution in [0.25, 0.3) is 0 Å². The van der Waals surface area contributed by atoms with Crippen molar-refractivity contribution in [2.45, 2.75) is 88.5 Å². The summed E-state index contributed by atoms with van der Waals surface area (Å²) in [6, 6.07) is 2.44. The van der Waals surface area contributed by atoms with Crippen molar-refractivity contribution >= 4 is 18.1 Å². The van der Waals surface area contributed by atoms with Crippen LogP contribution in [-0.2, 0) is 9.59 Å². The molecule has 9 heteroatoms. The fraction of sp³-hybridized carbons (Fsp3) is 0.607. The van der Waals surface area contributed by atoms with Gasteiger partial charge < -0.3 is 29.9 Å². The first-order valence-corrected chi connectivity index (χ1v) is 13.4. The van der Waals surface area contributed by atoms with Crippen molar-refractivity contribution in [1.29, 1.82) is 0 Å². The van der Waals surface area contributed by atoms with E-state index in [0.29, 0.717) is 47.3 Å². The Hall–Kier alpha value is -2.91. The number of carbonyl (C=O) groups is 3. The van der Waals surface area contributed by atoms with Gasteiger partial charge in [0.2, 0.25) is 11.8 Å². The molecule has 9 nitrogen and oxygen atoms in total. The van der Waals surface area contributed by atoms with E-state index in [0.717, 1.165) is 38.5 Å². The van der Waals surface area contributed by atoms with Gasteiger partial charge in [0.05, 0.1) is 25.7 Å². The van der Waals surface area contributed by atoms with Crippen molar-refractivity contribution in [3.05, 3.63) is 34.9 Å². The van der Waals surface area contributed by atoms with Crippen molar-refractivity contribution in [3.63, 3.8) is 0 Å². The number of aldehydes is 1. The van der Waals surface area contributed by atoms with E-state index in [-0.39, 0.29) is 25.1 Å². The van der Waals surface area contributed by atoms with Gasteiger partial charge >= 0.3 is 0 Å². The number of ether oxygens (including phenoxy) is 2. The largest absolute Gasteiger partial charge is 0.493 e. The molecule has 3 aliphatic rings. The molecule has 1 heterocycles. The highest BCUT2D eigenvalue weighted by molar-refractivity contribution is 5.96. The standard InChI is InChI=1S/C28H38N2O7/c1-3-8-23(33)30(18-9-6-4-5-7-10-18)21-15-20(28(35)29-11-12-31)24-19-13-17(16-32)14-22(36-2)26(19)37-27(24)25(21)34/h13-16,18,21,24-25,27,31,34H,3-12H2,1-2H3,(H,29,35)/t21-,24+,25+,27+/m1/s1. The van der Waals surface area contributed by atoms with Crippen molar-refractivity contribution in [3.8, 4) is 11.5 Å². The molecule has 0 radical (unpaired) electrons. The normalized spacial score (nSPS) is 25.1. The lowest BCUT2D eigenvalue weighted by atomic mass is 9.76. The molecule has 202 valence electrons. The minimum atomic E-state index is -1.10. The van der Waals surface area contributed by atoms with Crippen LogP contribution in [0, 0.1) is 0 Å². The van der Waals surface area contributed by atoms with Gasteiger partial charge in [-0.1, -0.05) is 32.6 Å². The van der Waals surface area contributed by atoms with Crippen LogP contribution in [0.4, 0.5) is 0 Å². The summed E-state index contributed by atoms with van der Waals surface area (Å²) >= 11 is 0. The van der Waals surface area contributed by atoms with Crippen LogP contribution in [0.5, 0.6) is 11.5 Å². The molecule has 3 N–H and O–H groups in total. The molecule has 1 saturated carbocycles. The molecule has 0 spiro atoms. The number of rotatable bonds is 9. The minimum absolute atomic E-state index is 0.0317. The number of methoxy groups -OCH3 is 1. The number of carbonyl (C=O) groups excluding carboxylic acids is 3. The van der Waals surface area contributed by atoms with Crippen LogP contribution in [0.1, 0.15) is 80.1 Å². The van der Waals surface area contributed by atoms with Gasteiger partial charge in [0, 0.05) is 35.7 Å². The van der Waals surface area contributed by atoms with Crippen LogP contribution < -0.4 is 14.8 Å². The van der Waals surface area contributed by atoms with Crippen LogP contribution in [0.2, 0.25) is 0 Å². The quantitative estimate of drug-likeness (QED) is 0.341. The van der Waals surface area contributed by atoms with E-state index >= 15 is 0 Å². The number of benzene rings is 1. The summed E-state index contributed by atoms with van der Waals surface area (Å²) in [6.07, 6.45) is 7.45. The summed E-state index contributed by atoms with van der Waals surface area (Å²) < 4.78 is 11.7. The number of aliphatic hydroxyl groups is 2. The number of amides is 2. The van der Waals surface area contributed by atoms with Crippen LogP contribution in [-0.4, -0.2) is 77.8 Å². The summed E-state index contributed by atoms with van der Waals surface area (Å²) in [5.74, 6) is -0.387. The molecule has 37 heavy (non-hydrogen) atoms. The van der Waals surface area contributed by atoms with Crippen molar-refractivity contribution in [2.24, 2.45) is 0 Å². The van der Waals surface area contributed by atoms with E-state index in [1.165, 1.54) is 7.11 Å². The lowest BCUT2D eigenvalue weighted by Crippen LogP contribution is -2.58. The Bertz CT molecular complexity index is 1030. The lowest BCUT2D eigenvalue weighted by molar-refractivity contribution is -0.141. The average molecular weight is 515 g/mol. The predicted molar refractivity (Wildman–Crippen MR) is 137 cm³/mol. The second-order valence-corrected chi connectivity index (χ2v) is 10.1. The summed E-state index contributed by atoms with van der Waals surface area (Å²) in [7, 11) is 1.47. The smallest absolute Gasteiger partial charge is 0.247 e. The Labute approximate surface area is 217 Å². The first-order chi connectivity index (χ1) is 17.9. The summed E-state index contributed by atoms with van der Waals surface area (Å²) in [4.78, 5) is 40.3. The Kier molecular flexibility index (Phi) is 8.87. The predicted octanol–water partition coefficient (Wildman–Crippen LogP) is 2.48. The maximum Gasteiger partial charge on any atom is 0.247 e. The fourth-order valence-corrected chi connectivity index (χ4v) is 6.02.